The summed E-state index contributed by atoms with van der Waals surface area (Å²) in [5.74, 6) is 2.48. The number of hydrogen-bond acceptors (Lipinski definition) is 3. The summed E-state index contributed by atoms with van der Waals surface area (Å²) in [7, 11) is 3.21. The molecule has 2 fully saturated rings. The minimum atomic E-state index is -0.193. The molecule has 0 amide bonds. The summed E-state index contributed by atoms with van der Waals surface area (Å²) >= 11 is 6.24. The molecule has 3 rings (SSSR count). The number of fused-ring (bicyclic) bond motifs is 1. The van der Waals surface area contributed by atoms with Crippen LogP contribution in [0.4, 0.5) is 0 Å². The molecular weight excluding hydrogens is 250 g/mol. The first-order valence-electron chi connectivity index (χ1n) is 6.33. The van der Waals surface area contributed by atoms with Crippen LogP contribution < -0.4 is 15.2 Å². The molecule has 2 aliphatic rings. The molecule has 2 atom stereocenters. The third kappa shape index (κ3) is 1.47. The number of halogens is 1. The van der Waals surface area contributed by atoms with Crippen molar-refractivity contribution in [1.82, 2.24) is 0 Å². The predicted molar refractivity (Wildman–Crippen MR) is 71.3 cm³/mol. The number of nitrogens with two attached hydrogens (primary N) is 1. The molecular formula is C14H18ClNO2. The highest BCUT2D eigenvalue weighted by atomic mass is 35.5. The lowest BCUT2D eigenvalue weighted by atomic mass is 9.96. The molecule has 0 aromatic heterocycles. The molecule has 0 spiro atoms. The second kappa shape index (κ2) is 4.04. The zero-order valence-electron chi connectivity index (χ0n) is 10.7. The van der Waals surface area contributed by atoms with E-state index in [9.17, 15) is 0 Å². The van der Waals surface area contributed by atoms with Crippen molar-refractivity contribution in [3.63, 3.8) is 0 Å². The van der Waals surface area contributed by atoms with Gasteiger partial charge in [0.2, 0.25) is 0 Å². The summed E-state index contributed by atoms with van der Waals surface area (Å²) in [6, 6.07) is 3.91. The van der Waals surface area contributed by atoms with Gasteiger partial charge >= 0.3 is 0 Å². The van der Waals surface area contributed by atoms with E-state index in [0.29, 0.717) is 28.4 Å². The largest absolute Gasteiger partial charge is 0.493 e. The Kier molecular flexibility index (Phi) is 2.72. The Labute approximate surface area is 112 Å². The fourth-order valence-corrected chi connectivity index (χ4v) is 3.88. The van der Waals surface area contributed by atoms with Gasteiger partial charge in [0, 0.05) is 5.54 Å². The second-order valence-electron chi connectivity index (χ2n) is 5.27. The van der Waals surface area contributed by atoms with Crippen LogP contribution in [0, 0.1) is 11.8 Å². The van der Waals surface area contributed by atoms with Crippen molar-refractivity contribution >= 4 is 11.6 Å². The van der Waals surface area contributed by atoms with E-state index < -0.39 is 0 Å². The summed E-state index contributed by atoms with van der Waals surface area (Å²) < 4.78 is 10.6. The molecule has 2 saturated carbocycles. The van der Waals surface area contributed by atoms with E-state index >= 15 is 0 Å². The zero-order valence-corrected chi connectivity index (χ0v) is 11.5. The summed E-state index contributed by atoms with van der Waals surface area (Å²) in [5.41, 5.74) is 7.44. The minimum Gasteiger partial charge on any atom is -0.493 e. The van der Waals surface area contributed by atoms with Crippen LogP contribution in [0.25, 0.3) is 0 Å². The van der Waals surface area contributed by atoms with Gasteiger partial charge in [0.05, 0.1) is 19.2 Å². The Morgan fingerprint density at radius 1 is 1.22 bits per heavy atom. The van der Waals surface area contributed by atoms with E-state index in [1.54, 1.807) is 14.2 Å². The quantitative estimate of drug-likeness (QED) is 0.916. The van der Waals surface area contributed by atoms with Gasteiger partial charge in [-0.2, -0.15) is 0 Å². The van der Waals surface area contributed by atoms with E-state index in [-0.39, 0.29) is 5.54 Å². The first kappa shape index (κ1) is 12.1. The van der Waals surface area contributed by atoms with Crippen LogP contribution in [0.1, 0.15) is 24.8 Å². The fourth-order valence-electron chi connectivity index (χ4n) is 3.60. The third-order valence-corrected chi connectivity index (χ3v) is 4.85. The SMILES string of the molecule is COc1cc(C2(N)C3CCCC32)cc(Cl)c1OC. The smallest absolute Gasteiger partial charge is 0.179 e. The van der Waals surface area contributed by atoms with Crippen molar-refractivity contribution in [2.45, 2.75) is 24.8 Å². The van der Waals surface area contributed by atoms with Gasteiger partial charge in [0.25, 0.3) is 0 Å². The van der Waals surface area contributed by atoms with Crippen LogP contribution in [-0.2, 0) is 5.54 Å². The molecule has 1 aromatic carbocycles. The zero-order chi connectivity index (χ0) is 12.9. The predicted octanol–water partition coefficient (Wildman–Crippen LogP) is 2.94. The molecule has 0 saturated heterocycles. The highest BCUT2D eigenvalue weighted by molar-refractivity contribution is 6.32. The van der Waals surface area contributed by atoms with E-state index in [0.717, 1.165) is 5.56 Å². The Balaban J connectivity index is 2.01. The Hall–Kier alpha value is -0.930. The van der Waals surface area contributed by atoms with Gasteiger partial charge in [0.1, 0.15) is 0 Å². The molecule has 2 N–H and O–H groups in total. The van der Waals surface area contributed by atoms with E-state index in [1.165, 1.54) is 19.3 Å². The molecule has 0 aliphatic heterocycles. The highest BCUT2D eigenvalue weighted by Gasteiger charge is 2.64. The average molecular weight is 268 g/mol. The van der Waals surface area contributed by atoms with Crippen molar-refractivity contribution in [3.8, 4) is 11.5 Å². The topological polar surface area (TPSA) is 44.5 Å². The Bertz CT molecular complexity index is 479. The molecule has 2 unspecified atom stereocenters. The van der Waals surface area contributed by atoms with Crippen molar-refractivity contribution in [1.29, 1.82) is 0 Å². The van der Waals surface area contributed by atoms with Crippen LogP contribution in [-0.4, -0.2) is 14.2 Å². The lowest BCUT2D eigenvalue weighted by Crippen LogP contribution is -2.25. The lowest BCUT2D eigenvalue weighted by molar-refractivity contribution is 0.353. The van der Waals surface area contributed by atoms with E-state index in [2.05, 4.69) is 0 Å². The molecule has 0 radical (unpaired) electrons. The fraction of sp³-hybridized carbons (Fsp3) is 0.571. The molecule has 0 heterocycles. The first-order chi connectivity index (χ1) is 8.62. The van der Waals surface area contributed by atoms with Gasteiger partial charge in [0.15, 0.2) is 11.5 Å². The number of ether oxygens (including phenoxy) is 2. The Morgan fingerprint density at radius 3 is 2.44 bits per heavy atom. The van der Waals surface area contributed by atoms with E-state index in [4.69, 9.17) is 26.8 Å². The summed E-state index contributed by atoms with van der Waals surface area (Å²) in [6.45, 7) is 0. The van der Waals surface area contributed by atoms with Gasteiger partial charge < -0.3 is 15.2 Å². The summed E-state index contributed by atoms with van der Waals surface area (Å²) in [6.07, 6.45) is 3.76. The van der Waals surface area contributed by atoms with Crippen molar-refractivity contribution in [3.05, 3.63) is 22.7 Å². The van der Waals surface area contributed by atoms with Gasteiger partial charge in [-0.15, -0.1) is 0 Å². The number of benzene rings is 1. The monoisotopic (exact) mass is 267 g/mol. The van der Waals surface area contributed by atoms with Crippen LogP contribution in [0.2, 0.25) is 5.02 Å². The van der Waals surface area contributed by atoms with Crippen LogP contribution in [0.3, 0.4) is 0 Å². The number of methoxy groups -OCH3 is 2. The number of rotatable bonds is 3. The van der Waals surface area contributed by atoms with Gasteiger partial charge in [-0.1, -0.05) is 18.0 Å². The molecule has 2 aliphatic carbocycles. The second-order valence-corrected chi connectivity index (χ2v) is 5.68. The lowest BCUT2D eigenvalue weighted by Gasteiger charge is -2.19. The molecule has 0 bridgehead atoms. The van der Waals surface area contributed by atoms with Crippen LogP contribution in [0.15, 0.2) is 12.1 Å². The minimum absolute atomic E-state index is 0.193. The maximum atomic E-state index is 6.55. The maximum Gasteiger partial charge on any atom is 0.179 e. The van der Waals surface area contributed by atoms with Crippen LogP contribution in [0.5, 0.6) is 11.5 Å². The summed E-state index contributed by atoms with van der Waals surface area (Å²) in [5, 5.41) is 0.571. The van der Waals surface area contributed by atoms with Gasteiger partial charge in [-0.05, 0) is 42.4 Å². The van der Waals surface area contributed by atoms with Gasteiger partial charge in [-0.25, -0.2) is 0 Å². The van der Waals surface area contributed by atoms with Crippen molar-refractivity contribution in [2.24, 2.45) is 17.6 Å². The van der Waals surface area contributed by atoms with Crippen molar-refractivity contribution < 1.29 is 9.47 Å². The van der Waals surface area contributed by atoms with E-state index in [1.807, 2.05) is 12.1 Å². The summed E-state index contributed by atoms with van der Waals surface area (Å²) in [4.78, 5) is 0. The highest BCUT2D eigenvalue weighted by Crippen LogP contribution is 2.65. The maximum absolute atomic E-state index is 6.55. The molecule has 18 heavy (non-hydrogen) atoms. The van der Waals surface area contributed by atoms with Gasteiger partial charge in [-0.3, -0.25) is 0 Å². The van der Waals surface area contributed by atoms with Crippen molar-refractivity contribution in [2.75, 3.05) is 14.2 Å². The number of hydrogen-bond donors (Lipinski definition) is 1. The molecule has 3 nitrogen and oxygen atoms in total. The molecule has 1 aromatic rings. The standard InChI is InChI=1S/C14H18ClNO2/c1-17-12-7-8(6-11(15)13(12)18-2)14(16)9-4-3-5-10(9)14/h6-7,9-10H,3-5,16H2,1-2H3. The average Bonchev–Trinajstić information content (AvgIpc) is 2.78. The molecule has 98 valence electrons. The third-order valence-electron chi connectivity index (χ3n) is 4.57. The molecule has 4 heteroatoms. The first-order valence-corrected chi connectivity index (χ1v) is 6.71. The normalized spacial score (nSPS) is 33.1. The van der Waals surface area contributed by atoms with Crippen LogP contribution >= 0.6 is 11.6 Å². The Morgan fingerprint density at radius 2 is 1.89 bits per heavy atom.